The van der Waals surface area contributed by atoms with E-state index in [1.165, 1.54) is 19.1 Å². The van der Waals surface area contributed by atoms with E-state index in [1.54, 1.807) is 13.0 Å². The maximum absolute atomic E-state index is 12.5. The zero-order chi connectivity index (χ0) is 18.4. The second kappa shape index (κ2) is 8.64. The van der Waals surface area contributed by atoms with E-state index in [1.807, 2.05) is 6.92 Å². The Bertz CT molecular complexity index is 699. The number of ether oxygens (including phenoxy) is 2. The Hall–Kier alpha value is -1.64. The highest BCUT2D eigenvalue weighted by molar-refractivity contribution is 7.89. The largest absolute Gasteiger partial charge is 0.494 e. The number of carbonyl (C=O) groups excluding carboxylic acids is 1. The summed E-state index contributed by atoms with van der Waals surface area (Å²) in [5.41, 5.74) is 0.722. The molecule has 1 saturated heterocycles. The van der Waals surface area contributed by atoms with Gasteiger partial charge in [0.15, 0.2) is 0 Å². The van der Waals surface area contributed by atoms with Gasteiger partial charge in [0.05, 0.1) is 23.6 Å². The molecule has 1 heterocycles. The first-order valence-corrected chi connectivity index (χ1v) is 9.97. The first-order valence-electron chi connectivity index (χ1n) is 8.48. The highest BCUT2D eigenvalue weighted by atomic mass is 32.2. The van der Waals surface area contributed by atoms with Crippen molar-refractivity contribution in [1.82, 2.24) is 10.0 Å². The molecule has 8 heteroatoms. The Morgan fingerprint density at radius 3 is 2.80 bits per heavy atom. The minimum absolute atomic E-state index is 0.0153. The van der Waals surface area contributed by atoms with E-state index in [4.69, 9.17) is 9.47 Å². The molecule has 0 aliphatic carbocycles. The van der Waals surface area contributed by atoms with Crippen molar-refractivity contribution >= 4 is 15.9 Å². The van der Waals surface area contributed by atoms with Gasteiger partial charge in [0.25, 0.3) is 0 Å². The second-order valence-electron chi connectivity index (χ2n) is 6.08. The van der Waals surface area contributed by atoms with E-state index in [2.05, 4.69) is 10.0 Å². The van der Waals surface area contributed by atoms with Crippen LogP contribution in [-0.2, 0) is 19.6 Å². The molecule has 2 atom stereocenters. The zero-order valence-corrected chi connectivity index (χ0v) is 15.7. The van der Waals surface area contributed by atoms with Gasteiger partial charge in [-0.3, -0.25) is 4.79 Å². The average molecular weight is 370 g/mol. The molecule has 0 unspecified atom stereocenters. The van der Waals surface area contributed by atoms with Crippen LogP contribution < -0.4 is 14.8 Å². The summed E-state index contributed by atoms with van der Waals surface area (Å²) in [5, 5.41) is 2.72. The number of amides is 1. The second-order valence-corrected chi connectivity index (χ2v) is 7.80. The molecule has 1 aromatic rings. The Labute approximate surface area is 149 Å². The SMILES string of the molecule is CCOc1ccc(S(=O)(=O)N[C@H](C)C(=O)NC[C@@H]2CCCO2)cc1C. The Morgan fingerprint density at radius 2 is 2.20 bits per heavy atom. The van der Waals surface area contributed by atoms with E-state index in [0.717, 1.165) is 18.4 Å². The molecule has 0 saturated carbocycles. The highest BCUT2D eigenvalue weighted by Crippen LogP contribution is 2.22. The van der Waals surface area contributed by atoms with Gasteiger partial charge in [0, 0.05) is 13.2 Å². The van der Waals surface area contributed by atoms with Gasteiger partial charge < -0.3 is 14.8 Å². The fourth-order valence-corrected chi connectivity index (χ4v) is 3.92. The molecule has 25 heavy (non-hydrogen) atoms. The maximum atomic E-state index is 12.5. The van der Waals surface area contributed by atoms with E-state index in [-0.39, 0.29) is 16.9 Å². The number of hydrogen-bond donors (Lipinski definition) is 2. The molecule has 0 spiro atoms. The third-order valence-corrected chi connectivity index (χ3v) is 5.55. The quantitative estimate of drug-likeness (QED) is 0.721. The lowest BCUT2D eigenvalue weighted by molar-refractivity contribution is -0.122. The van der Waals surface area contributed by atoms with Crippen molar-refractivity contribution in [3.05, 3.63) is 23.8 Å². The summed E-state index contributed by atoms with van der Waals surface area (Å²) in [6.45, 7) is 6.77. The van der Waals surface area contributed by atoms with Gasteiger partial charge in [0.2, 0.25) is 15.9 Å². The summed E-state index contributed by atoms with van der Waals surface area (Å²) in [4.78, 5) is 12.2. The molecule has 1 aliphatic rings. The van der Waals surface area contributed by atoms with Crippen molar-refractivity contribution in [1.29, 1.82) is 0 Å². The molecule has 7 nitrogen and oxygen atoms in total. The highest BCUT2D eigenvalue weighted by Gasteiger charge is 2.24. The van der Waals surface area contributed by atoms with Crippen molar-refractivity contribution in [2.75, 3.05) is 19.8 Å². The fraction of sp³-hybridized carbons (Fsp3) is 0.588. The number of benzene rings is 1. The van der Waals surface area contributed by atoms with Gasteiger partial charge in [-0.2, -0.15) is 4.72 Å². The smallest absolute Gasteiger partial charge is 0.241 e. The van der Waals surface area contributed by atoms with Crippen molar-refractivity contribution in [3.63, 3.8) is 0 Å². The van der Waals surface area contributed by atoms with Gasteiger partial charge >= 0.3 is 0 Å². The van der Waals surface area contributed by atoms with Crippen LogP contribution in [0, 0.1) is 6.92 Å². The summed E-state index contributed by atoms with van der Waals surface area (Å²) in [7, 11) is -3.79. The molecule has 2 rings (SSSR count). The molecule has 1 amide bonds. The van der Waals surface area contributed by atoms with Crippen molar-refractivity contribution in [2.24, 2.45) is 0 Å². The lowest BCUT2D eigenvalue weighted by Crippen LogP contribution is -2.46. The average Bonchev–Trinajstić information content (AvgIpc) is 3.07. The van der Waals surface area contributed by atoms with Crippen LogP contribution in [0.3, 0.4) is 0 Å². The minimum atomic E-state index is -3.79. The molecular weight excluding hydrogens is 344 g/mol. The first kappa shape index (κ1) is 19.7. The van der Waals surface area contributed by atoms with Crippen LogP contribution in [0.2, 0.25) is 0 Å². The van der Waals surface area contributed by atoms with Crippen LogP contribution in [-0.4, -0.2) is 46.2 Å². The van der Waals surface area contributed by atoms with E-state index >= 15 is 0 Å². The van der Waals surface area contributed by atoms with E-state index < -0.39 is 16.1 Å². The zero-order valence-electron chi connectivity index (χ0n) is 14.9. The van der Waals surface area contributed by atoms with Crippen LogP contribution in [0.1, 0.15) is 32.3 Å². The summed E-state index contributed by atoms with van der Waals surface area (Å²) in [5.74, 6) is 0.269. The van der Waals surface area contributed by atoms with Crippen molar-refractivity contribution in [3.8, 4) is 5.75 Å². The molecule has 140 valence electrons. The normalized spacial score (nSPS) is 18.8. The molecule has 2 N–H and O–H groups in total. The minimum Gasteiger partial charge on any atom is -0.494 e. The van der Waals surface area contributed by atoms with Crippen LogP contribution in [0.4, 0.5) is 0 Å². The number of aryl methyl sites for hydroxylation is 1. The van der Waals surface area contributed by atoms with Crippen LogP contribution in [0.15, 0.2) is 23.1 Å². The summed E-state index contributed by atoms with van der Waals surface area (Å²) >= 11 is 0. The van der Waals surface area contributed by atoms with Gasteiger partial charge in [-0.1, -0.05) is 0 Å². The standard InChI is InChI=1S/C17H26N2O5S/c1-4-23-16-8-7-15(10-12(16)2)25(21,22)19-13(3)17(20)18-11-14-6-5-9-24-14/h7-8,10,13-14,19H,4-6,9,11H2,1-3H3,(H,18,20)/t13-,14+/m1/s1. The van der Waals surface area contributed by atoms with E-state index in [9.17, 15) is 13.2 Å². The van der Waals surface area contributed by atoms with Crippen LogP contribution in [0.25, 0.3) is 0 Å². The van der Waals surface area contributed by atoms with Crippen molar-refractivity contribution in [2.45, 2.75) is 50.7 Å². The predicted molar refractivity (Wildman–Crippen MR) is 94.1 cm³/mol. The summed E-state index contributed by atoms with van der Waals surface area (Å²) < 4.78 is 38.2. The lowest BCUT2D eigenvalue weighted by atomic mass is 10.2. The third-order valence-electron chi connectivity index (χ3n) is 4.01. The molecule has 0 aromatic heterocycles. The molecule has 1 fully saturated rings. The lowest BCUT2D eigenvalue weighted by Gasteiger charge is -2.17. The topological polar surface area (TPSA) is 93.7 Å². The molecule has 1 aliphatic heterocycles. The number of nitrogens with one attached hydrogen (secondary N) is 2. The molecule has 0 radical (unpaired) electrons. The number of sulfonamides is 1. The van der Waals surface area contributed by atoms with Gasteiger partial charge in [0.1, 0.15) is 5.75 Å². The van der Waals surface area contributed by atoms with Gasteiger partial charge in [-0.05, 0) is 57.4 Å². The van der Waals surface area contributed by atoms with Crippen molar-refractivity contribution < 1.29 is 22.7 Å². The number of rotatable bonds is 8. The fourth-order valence-electron chi connectivity index (χ4n) is 2.63. The predicted octanol–water partition coefficient (Wildman–Crippen LogP) is 1.36. The monoisotopic (exact) mass is 370 g/mol. The first-order chi connectivity index (χ1) is 11.8. The Kier molecular flexibility index (Phi) is 6.80. The molecular formula is C17H26N2O5S. The van der Waals surface area contributed by atoms with Crippen LogP contribution >= 0.6 is 0 Å². The van der Waals surface area contributed by atoms with Crippen LogP contribution in [0.5, 0.6) is 5.75 Å². The Balaban J connectivity index is 1.96. The Morgan fingerprint density at radius 1 is 1.44 bits per heavy atom. The summed E-state index contributed by atoms with van der Waals surface area (Å²) in [6, 6.07) is 3.75. The van der Waals surface area contributed by atoms with Gasteiger partial charge in [-0.15, -0.1) is 0 Å². The molecule has 0 bridgehead atoms. The maximum Gasteiger partial charge on any atom is 0.241 e. The number of hydrogen-bond acceptors (Lipinski definition) is 5. The van der Waals surface area contributed by atoms with Gasteiger partial charge in [-0.25, -0.2) is 8.42 Å². The third kappa shape index (κ3) is 5.42. The summed E-state index contributed by atoms with van der Waals surface area (Å²) in [6.07, 6.45) is 1.91. The molecule has 1 aromatic carbocycles. The van der Waals surface area contributed by atoms with E-state index in [0.29, 0.717) is 25.5 Å². The number of carbonyl (C=O) groups is 1.